The van der Waals surface area contributed by atoms with Gasteiger partial charge in [0, 0.05) is 10.9 Å². The molecule has 0 fully saturated rings. The molecule has 3 nitrogen and oxygen atoms in total. The van der Waals surface area contributed by atoms with Crippen molar-refractivity contribution in [3.05, 3.63) is 51.5 Å². The highest BCUT2D eigenvalue weighted by atomic mass is 35.5. The van der Waals surface area contributed by atoms with Gasteiger partial charge in [-0.3, -0.25) is 9.59 Å². The highest BCUT2D eigenvalue weighted by molar-refractivity contribution is 6.59. The molecule has 0 amide bonds. The van der Waals surface area contributed by atoms with Gasteiger partial charge in [-0.15, -0.1) is 0 Å². The van der Waals surface area contributed by atoms with Crippen molar-refractivity contribution in [3.8, 4) is 5.75 Å². The molecule has 0 spiro atoms. The van der Waals surface area contributed by atoms with E-state index in [1.54, 1.807) is 24.3 Å². The molecule has 0 bridgehead atoms. The summed E-state index contributed by atoms with van der Waals surface area (Å²) in [5.74, 6) is -1.43. The van der Waals surface area contributed by atoms with Gasteiger partial charge in [-0.1, -0.05) is 47.5 Å². The predicted octanol–water partition coefficient (Wildman–Crippen LogP) is 3.61. The third kappa shape index (κ3) is 1.59. The Hall–Kier alpha value is -1.84. The lowest BCUT2D eigenvalue weighted by molar-refractivity contribution is 0.0985. The van der Waals surface area contributed by atoms with Crippen molar-refractivity contribution in [2.24, 2.45) is 0 Å². The van der Waals surface area contributed by atoms with Crippen LogP contribution in [-0.4, -0.2) is 16.7 Å². The monoisotopic (exact) mass is 292 g/mol. The molecule has 1 aliphatic carbocycles. The highest BCUT2D eigenvalue weighted by Crippen LogP contribution is 2.39. The van der Waals surface area contributed by atoms with Crippen molar-refractivity contribution in [2.75, 3.05) is 0 Å². The molecule has 0 unspecified atom stereocenters. The minimum absolute atomic E-state index is 0.0793. The first-order valence-corrected chi connectivity index (χ1v) is 6.17. The average molecular weight is 293 g/mol. The molecule has 0 atom stereocenters. The lowest BCUT2D eigenvalue weighted by atomic mass is 9.90. The summed E-state index contributed by atoms with van der Waals surface area (Å²) in [4.78, 5) is 24.1. The molecule has 5 heteroatoms. The average Bonchev–Trinajstić information content (AvgIpc) is 2.43. The van der Waals surface area contributed by atoms with E-state index >= 15 is 0 Å². The van der Waals surface area contributed by atoms with E-state index in [2.05, 4.69) is 0 Å². The van der Waals surface area contributed by atoms with Crippen molar-refractivity contribution in [2.45, 2.75) is 0 Å². The summed E-state index contributed by atoms with van der Waals surface area (Å²) >= 11 is 11.5. The molecule has 0 radical (unpaired) electrons. The lowest BCUT2D eigenvalue weighted by Gasteiger charge is -2.16. The minimum atomic E-state index is -0.635. The Morgan fingerprint density at radius 1 is 0.947 bits per heavy atom. The van der Waals surface area contributed by atoms with Gasteiger partial charge in [0.1, 0.15) is 15.8 Å². The maximum Gasteiger partial charge on any atom is 0.210 e. The zero-order chi connectivity index (χ0) is 13.7. The number of phenols is 1. The molecule has 0 aromatic heterocycles. The highest BCUT2D eigenvalue weighted by Gasteiger charge is 2.33. The van der Waals surface area contributed by atoms with Crippen LogP contribution in [0.25, 0.3) is 10.8 Å². The van der Waals surface area contributed by atoms with Crippen LogP contribution in [0.5, 0.6) is 5.75 Å². The molecule has 19 heavy (non-hydrogen) atoms. The van der Waals surface area contributed by atoms with Crippen LogP contribution in [-0.2, 0) is 0 Å². The number of fused-ring (bicyclic) bond motifs is 2. The molecule has 94 valence electrons. The number of Topliss-reactive ketones (excluding diaryl/α,β-unsaturated/α-hetero) is 2. The number of halogens is 2. The number of carbonyl (C=O) groups excluding carboxylic acids is 2. The first kappa shape index (κ1) is 12.2. The first-order valence-electron chi connectivity index (χ1n) is 5.41. The summed E-state index contributed by atoms with van der Waals surface area (Å²) in [7, 11) is 0. The van der Waals surface area contributed by atoms with Gasteiger partial charge in [-0.2, -0.15) is 0 Å². The van der Waals surface area contributed by atoms with E-state index in [1.165, 1.54) is 6.07 Å². The van der Waals surface area contributed by atoms with Gasteiger partial charge in [0.15, 0.2) is 0 Å². The number of phenolic OH excluding ortho intramolecular Hbond substituents is 1. The molecule has 0 aliphatic heterocycles. The van der Waals surface area contributed by atoms with Crippen molar-refractivity contribution in [3.63, 3.8) is 0 Å². The fourth-order valence-electron chi connectivity index (χ4n) is 2.16. The number of carbonyl (C=O) groups is 2. The van der Waals surface area contributed by atoms with Crippen molar-refractivity contribution in [1.82, 2.24) is 0 Å². The van der Waals surface area contributed by atoms with Gasteiger partial charge < -0.3 is 5.11 Å². The van der Waals surface area contributed by atoms with Gasteiger partial charge in [0.25, 0.3) is 0 Å². The topological polar surface area (TPSA) is 54.4 Å². The largest absolute Gasteiger partial charge is 0.507 e. The Morgan fingerprint density at radius 3 is 2.32 bits per heavy atom. The van der Waals surface area contributed by atoms with Crippen LogP contribution in [0.3, 0.4) is 0 Å². The van der Waals surface area contributed by atoms with Crippen molar-refractivity contribution >= 4 is 45.5 Å². The summed E-state index contributed by atoms with van der Waals surface area (Å²) in [6, 6.07) is 8.44. The Morgan fingerprint density at radius 2 is 1.58 bits per heavy atom. The fourth-order valence-corrected chi connectivity index (χ4v) is 2.53. The SMILES string of the molecule is O=C1C(Cl)=C(Cl)C(=O)c2c1cc1ccccc1c2O. The number of aromatic hydroxyl groups is 1. The van der Waals surface area contributed by atoms with E-state index < -0.39 is 11.6 Å². The van der Waals surface area contributed by atoms with E-state index in [-0.39, 0.29) is 26.9 Å². The third-order valence-electron chi connectivity index (χ3n) is 3.08. The third-order valence-corrected chi connectivity index (χ3v) is 3.90. The van der Waals surface area contributed by atoms with Gasteiger partial charge in [-0.25, -0.2) is 0 Å². The summed E-state index contributed by atoms with van der Waals surface area (Å²) < 4.78 is 0. The second-order valence-electron chi connectivity index (χ2n) is 4.16. The van der Waals surface area contributed by atoms with Crippen LogP contribution in [0.15, 0.2) is 40.4 Å². The van der Waals surface area contributed by atoms with E-state index in [0.29, 0.717) is 10.8 Å². The molecule has 2 aromatic rings. The van der Waals surface area contributed by atoms with Gasteiger partial charge in [0.05, 0.1) is 5.56 Å². The second kappa shape index (κ2) is 4.08. The summed E-state index contributed by atoms with van der Waals surface area (Å²) in [5, 5.41) is 10.7. The number of hydrogen-bond donors (Lipinski definition) is 1. The molecule has 0 saturated carbocycles. The van der Waals surface area contributed by atoms with Gasteiger partial charge in [0.2, 0.25) is 11.6 Å². The Labute approximate surface area is 118 Å². The van der Waals surface area contributed by atoms with Crippen LogP contribution < -0.4 is 0 Å². The van der Waals surface area contributed by atoms with Crippen LogP contribution in [0.1, 0.15) is 20.7 Å². The second-order valence-corrected chi connectivity index (χ2v) is 4.91. The zero-order valence-electron chi connectivity index (χ0n) is 9.41. The van der Waals surface area contributed by atoms with Crippen LogP contribution >= 0.6 is 23.2 Å². The van der Waals surface area contributed by atoms with Crippen molar-refractivity contribution < 1.29 is 14.7 Å². The Bertz CT molecular complexity index is 791. The number of benzene rings is 2. The van der Waals surface area contributed by atoms with E-state index in [9.17, 15) is 14.7 Å². The van der Waals surface area contributed by atoms with Crippen LogP contribution in [0, 0.1) is 0 Å². The molecule has 0 heterocycles. The molecule has 3 rings (SSSR count). The summed E-state index contributed by atoms with van der Waals surface area (Å²) in [5.41, 5.74) is -0.00583. The van der Waals surface area contributed by atoms with E-state index in [4.69, 9.17) is 23.2 Å². The molecule has 2 aromatic carbocycles. The predicted molar refractivity (Wildman–Crippen MR) is 73.0 cm³/mol. The number of ketones is 2. The van der Waals surface area contributed by atoms with Crippen LogP contribution in [0.2, 0.25) is 0 Å². The minimum Gasteiger partial charge on any atom is -0.507 e. The Balaban J connectivity index is 2.46. The first-order chi connectivity index (χ1) is 9.02. The summed E-state index contributed by atoms with van der Waals surface area (Å²) in [6.45, 7) is 0. The molecule has 1 aliphatic rings. The van der Waals surface area contributed by atoms with Crippen molar-refractivity contribution in [1.29, 1.82) is 0 Å². The number of hydrogen-bond acceptors (Lipinski definition) is 3. The molecule has 0 saturated heterocycles. The zero-order valence-corrected chi connectivity index (χ0v) is 10.9. The van der Waals surface area contributed by atoms with Crippen LogP contribution in [0.4, 0.5) is 0 Å². The maximum absolute atomic E-state index is 12.1. The quantitative estimate of drug-likeness (QED) is 0.807. The van der Waals surface area contributed by atoms with E-state index in [0.717, 1.165) is 0 Å². The molecular weight excluding hydrogens is 287 g/mol. The van der Waals surface area contributed by atoms with Gasteiger partial charge >= 0.3 is 0 Å². The number of allylic oxidation sites excluding steroid dienone is 2. The molecular formula is C14H6Cl2O3. The fraction of sp³-hybridized carbons (Fsp3) is 0. The van der Waals surface area contributed by atoms with E-state index in [1.807, 2.05) is 0 Å². The summed E-state index contributed by atoms with van der Waals surface area (Å²) in [6.07, 6.45) is 0. The number of rotatable bonds is 0. The molecule has 1 N–H and O–H groups in total. The Kier molecular flexibility index (Phi) is 2.62. The smallest absolute Gasteiger partial charge is 0.210 e. The normalized spacial score (nSPS) is 15.1. The lowest BCUT2D eigenvalue weighted by Crippen LogP contribution is -2.18. The van der Waals surface area contributed by atoms with Gasteiger partial charge in [-0.05, 0) is 11.5 Å². The standard InChI is InChI=1S/C14H6Cl2O3/c15-10-11(16)14(19)9-8(13(10)18)5-6-3-1-2-4-7(6)12(9)17/h1-5,17H. The maximum atomic E-state index is 12.1.